The Kier molecular flexibility index (Phi) is 7.33. The molecule has 0 aromatic heterocycles. The maximum absolute atomic E-state index is 13.0. The van der Waals surface area contributed by atoms with Crippen molar-refractivity contribution in [3.05, 3.63) is 58.6 Å². The van der Waals surface area contributed by atoms with Crippen molar-refractivity contribution in [1.82, 2.24) is 9.80 Å². The molecule has 2 aromatic rings. The Morgan fingerprint density at radius 2 is 1.94 bits per heavy atom. The monoisotopic (exact) mass is 444 g/mol. The highest BCUT2D eigenvalue weighted by atomic mass is 35.5. The van der Waals surface area contributed by atoms with Crippen LogP contribution < -0.4 is 9.47 Å². The molecule has 1 unspecified atom stereocenters. The lowest BCUT2D eigenvalue weighted by molar-refractivity contribution is 0.0432. The summed E-state index contributed by atoms with van der Waals surface area (Å²) < 4.78 is 17.1. The molecule has 0 radical (unpaired) electrons. The first-order valence-electron chi connectivity index (χ1n) is 10.8. The van der Waals surface area contributed by atoms with Crippen LogP contribution in [0.1, 0.15) is 28.8 Å². The van der Waals surface area contributed by atoms with Crippen LogP contribution in [-0.2, 0) is 11.3 Å². The van der Waals surface area contributed by atoms with Crippen molar-refractivity contribution in [3.63, 3.8) is 0 Å². The minimum atomic E-state index is 0.0210. The summed E-state index contributed by atoms with van der Waals surface area (Å²) in [5.41, 5.74) is 1.50. The van der Waals surface area contributed by atoms with Crippen LogP contribution in [0, 0.1) is 0 Å². The van der Waals surface area contributed by atoms with Crippen molar-refractivity contribution in [2.24, 2.45) is 0 Å². The summed E-state index contributed by atoms with van der Waals surface area (Å²) in [5.74, 6) is 1.14. The number of carbonyl (C=O) groups is 1. The van der Waals surface area contributed by atoms with Crippen molar-refractivity contribution in [2.45, 2.75) is 25.6 Å². The number of methoxy groups -OCH3 is 1. The van der Waals surface area contributed by atoms with Gasteiger partial charge in [0.25, 0.3) is 5.91 Å². The Morgan fingerprint density at radius 3 is 2.65 bits per heavy atom. The molecule has 31 heavy (non-hydrogen) atoms. The van der Waals surface area contributed by atoms with E-state index in [0.29, 0.717) is 34.8 Å². The van der Waals surface area contributed by atoms with E-state index in [9.17, 15) is 4.79 Å². The van der Waals surface area contributed by atoms with Crippen LogP contribution in [0.4, 0.5) is 0 Å². The van der Waals surface area contributed by atoms with Crippen molar-refractivity contribution in [2.75, 3.05) is 46.4 Å². The van der Waals surface area contributed by atoms with Gasteiger partial charge in [-0.05, 0) is 37.1 Å². The summed E-state index contributed by atoms with van der Waals surface area (Å²) in [5, 5.41) is 0.659. The van der Waals surface area contributed by atoms with Gasteiger partial charge in [-0.2, -0.15) is 0 Å². The molecular formula is C24H29ClN2O4. The van der Waals surface area contributed by atoms with Crippen LogP contribution in [0.2, 0.25) is 5.02 Å². The highest BCUT2D eigenvalue weighted by Gasteiger charge is 2.26. The molecule has 2 saturated heterocycles. The van der Waals surface area contributed by atoms with E-state index in [1.165, 1.54) is 0 Å². The third kappa shape index (κ3) is 5.50. The van der Waals surface area contributed by atoms with E-state index in [4.69, 9.17) is 25.8 Å². The van der Waals surface area contributed by atoms with E-state index in [1.54, 1.807) is 25.3 Å². The van der Waals surface area contributed by atoms with E-state index in [1.807, 2.05) is 29.2 Å². The summed E-state index contributed by atoms with van der Waals surface area (Å²) >= 11 is 6.20. The average molecular weight is 445 g/mol. The zero-order valence-electron chi connectivity index (χ0n) is 17.9. The average Bonchev–Trinajstić information content (AvgIpc) is 3.31. The molecule has 2 fully saturated rings. The first kappa shape index (κ1) is 21.9. The van der Waals surface area contributed by atoms with Crippen LogP contribution in [0.15, 0.2) is 42.5 Å². The lowest BCUT2D eigenvalue weighted by Crippen LogP contribution is -2.50. The molecule has 2 aromatic carbocycles. The number of rotatable bonds is 7. The number of halogens is 1. The topological polar surface area (TPSA) is 51.2 Å². The molecule has 6 nitrogen and oxygen atoms in total. The molecule has 0 aliphatic carbocycles. The zero-order valence-corrected chi connectivity index (χ0v) is 18.6. The minimum Gasteiger partial charge on any atom is -0.493 e. The van der Waals surface area contributed by atoms with Gasteiger partial charge in [-0.15, -0.1) is 0 Å². The van der Waals surface area contributed by atoms with Gasteiger partial charge in [0.2, 0.25) is 0 Å². The van der Waals surface area contributed by atoms with Crippen LogP contribution in [0.5, 0.6) is 11.5 Å². The molecule has 0 bridgehead atoms. The third-order valence-electron chi connectivity index (χ3n) is 5.90. The molecule has 1 atom stereocenters. The maximum atomic E-state index is 13.0. The number of amides is 1. The maximum Gasteiger partial charge on any atom is 0.254 e. The largest absolute Gasteiger partial charge is 0.493 e. The second-order valence-corrected chi connectivity index (χ2v) is 8.38. The normalized spacial score (nSPS) is 19.4. The predicted molar refractivity (Wildman–Crippen MR) is 120 cm³/mol. The second-order valence-electron chi connectivity index (χ2n) is 7.97. The number of benzene rings is 2. The molecule has 0 N–H and O–H groups in total. The van der Waals surface area contributed by atoms with Gasteiger partial charge in [0.15, 0.2) is 11.5 Å². The Bertz CT molecular complexity index is 893. The first-order chi connectivity index (χ1) is 15.1. The molecule has 0 spiro atoms. The van der Waals surface area contributed by atoms with Gasteiger partial charge < -0.3 is 19.1 Å². The van der Waals surface area contributed by atoms with E-state index in [0.717, 1.165) is 57.7 Å². The van der Waals surface area contributed by atoms with Gasteiger partial charge >= 0.3 is 0 Å². The number of ether oxygens (including phenoxy) is 3. The SMILES string of the molecule is COc1cc(C(=O)N2CCN(CC3CCCO3)CC2)ccc1OCc1ccccc1Cl. The molecule has 4 rings (SSSR count). The number of piperazine rings is 1. The van der Waals surface area contributed by atoms with Gasteiger partial charge in [-0.3, -0.25) is 9.69 Å². The summed E-state index contributed by atoms with van der Waals surface area (Å²) in [6.07, 6.45) is 2.65. The number of hydrogen-bond acceptors (Lipinski definition) is 5. The molecule has 166 valence electrons. The van der Waals surface area contributed by atoms with Crippen molar-refractivity contribution in [3.8, 4) is 11.5 Å². The van der Waals surface area contributed by atoms with E-state index in [-0.39, 0.29) is 5.91 Å². The Labute approximate surface area is 188 Å². The fourth-order valence-corrected chi connectivity index (χ4v) is 4.27. The van der Waals surface area contributed by atoms with Crippen LogP contribution in [-0.4, -0.2) is 68.3 Å². The van der Waals surface area contributed by atoms with E-state index >= 15 is 0 Å². The minimum absolute atomic E-state index is 0.0210. The lowest BCUT2D eigenvalue weighted by atomic mass is 10.1. The molecule has 7 heteroatoms. The number of hydrogen-bond donors (Lipinski definition) is 0. The highest BCUT2D eigenvalue weighted by Crippen LogP contribution is 2.30. The van der Waals surface area contributed by atoms with Gasteiger partial charge in [0.05, 0.1) is 13.2 Å². The van der Waals surface area contributed by atoms with Gasteiger partial charge in [0, 0.05) is 55.5 Å². The summed E-state index contributed by atoms with van der Waals surface area (Å²) in [4.78, 5) is 17.3. The van der Waals surface area contributed by atoms with Gasteiger partial charge in [0.1, 0.15) is 6.61 Å². The summed E-state index contributed by atoms with van der Waals surface area (Å²) in [7, 11) is 1.58. The molecule has 2 aliphatic rings. The second kappa shape index (κ2) is 10.4. The van der Waals surface area contributed by atoms with Crippen LogP contribution >= 0.6 is 11.6 Å². The first-order valence-corrected chi connectivity index (χ1v) is 11.2. The molecule has 2 heterocycles. The van der Waals surface area contributed by atoms with Crippen LogP contribution in [0.25, 0.3) is 0 Å². The molecule has 2 aliphatic heterocycles. The highest BCUT2D eigenvalue weighted by molar-refractivity contribution is 6.31. The summed E-state index contributed by atoms with van der Waals surface area (Å²) in [6, 6.07) is 12.9. The third-order valence-corrected chi connectivity index (χ3v) is 6.27. The standard InChI is InChI=1S/C24H29ClN2O4/c1-29-23-15-18(8-9-22(23)31-17-19-5-2-3-7-21(19)25)24(28)27-12-10-26(11-13-27)16-20-6-4-14-30-20/h2-3,5,7-9,15,20H,4,6,10-14,16-17H2,1H3. The van der Waals surface area contributed by atoms with Gasteiger partial charge in [-0.1, -0.05) is 29.8 Å². The fourth-order valence-electron chi connectivity index (χ4n) is 4.08. The number of carbonyl (C=O) groups excluding carboxylic acids is 1. The summed E-state index contributed by atoms with van der Waals surface area (Å²) in [6.45, 7) is 5.37. The van der Waals surface area contributed by atoms with Crippen LogP contribution in [0.3, 0.4) is 0 Å². The zero-order chi connectivity index (χ0) is 21.6. The van der Waals surface area contributed by atoms with Gasteiger partial charge in [-0.25, -0.2) is 0 Å². The number of nitrogens with zero attached hydrogens (tertiary/aromatic N) is 2. The fraction of sp³-hybridized carbons (Fsp3) is 0.458. The van der Waals surface area contributed by atoms with Crippen molar-refractivity contribution < 1.29 is 19.0 Å². The molecule has 1 amide bonds. The Morgan fingerprint density at radius 1 is 1.13 bits per heavy atom. The lowest BCUT2D eigenvalue weighted by Gasteiger charge is -2.35. The van der Waals surface area contributed by atoms with E-state index < -0.39 is 0 Å². The van der Waals surface area contributed by atoms with Crippen molar-refractivity contribution >= 4 is 17.5 Å². The Hall–Kier alpha value is -2.28. The Balaban J connectivity index is 1.34. The molecular weight excluding hydrogens is 416 g/mol. The quantitative estimate of drug-likeness (QED) is 0.649. The predicted octanol–water partition coefficient (Wildman–Crippen LogP) is 3.86. The smallest absolute Gasteiger partial charge is 0.254 e. The molecule has 0 saturated carbocycles. The van der Waals surface area contributed by atoms with Crippen molar-refractivity contribution in [1.29, 1.82) is 0 Å². The van der Waals surface area contributed by atoms with E-state index in [2.05, 4.69) is 4.90 Å².